The Balaban J connectivity index is 0. The van der Waals surface area contributed by atoms with Crippen LogP contribution in [0.3, 0.4) is 0 Å². The molecule has 0 fully saturated rings. The van der Waals surface area contributed by atoms with Gasteiger partial charge in [-0.2, -0.15) is 0 Å². The molecule has 3 N–H and O–H groups in total. The Bertz CT molecular complexity index is 355. The van der Waals surface area contributed by atoms with Crippen LogP contribution in [0.5, 0.6) is 0 Å². The van der Waals surface area contributed by atoms with Crippen LogP contribution in [0.1, 0.15) is 19.7 Å². The molecular weight excluding hydrogens is 275 g/mol. The lowest BCUT2D eigenvalue weighted by molar-refractivity contribution is -0.122. The zero-order chi connectivity index (χ0) is 12.1. The third-order valence-electron chi connectivity index (χ3n) is 2.47. The molecule has 7 heteroatoms. The molecule has 0 bridgehead atoms. The van der Waals surface area contributed by atoms with E-state index in [4.69, 9.17) is 5.73 Å². The van der Waals surface area contributed by atoms with E-state index in [1.54, 1.807) is 13.1 Å². The minimum atomic E-state index is -0.442. The number of aryl methyl sites for hydroxylation is 1. The maximum absolute atomic E-state index is 11.3. The van der Waals surface area contributed by atoms with Crippen molar-refractivity contribution in [1.29, 1.82) is 0 Å². The number of nitrogens with two attached hydrogens (primary N) is 1. The number of carbonyl (C=O) groups is 1. The summed E-state index contributed by atoms with van der Waals surface area (Å²) in [5.41, 5.74) is 5.46. The fourth-order valence-electron chi connectivity index (χ4n) is 1.43. The van der Waals surface area contributed by atoms with Gasteiger partial charge in [-0.05, 0) is 19.8 Å². The summed E-state index contributed by atoms with van der Waals surface area (Å²) in [5.74, 6) is 1.25. The molecule has 18 heavy (non-hydrogen) atoms. The van der Waals surface area contributed by atoms with E-state index in [0.29, 0.717) is 12.5 Å². The van der Waals surface area contributed by atoms with E-state index >= 15 is 0 Å². The van der Waals surface area contributed by atoms with Crippen LogP contribution in [0.4, 0.5) is 0 Å². The van der Waals surface area contributed by atoms with E-state index in [-0.39, 0.29) is 30.7 Å². The summed E-state index contributed by atoms with van der Waals surface area (Å²) in [5, 5.41) is 2.82. The van der Waals surface area contributed by atoms with Gasteiger partial charge in [0, 0.05) is 25.5 Å². The van der Waals surface area contributed by atoms with Crippen molar-refractivity contribution in [2.45, 2.75) is 33.4 Å². The highest BCUT2D eigenvalue weighted by Gasteiger charge is 2.10. The molecule has 0 aromatic carbocycles. The summed E-state index contributed by atoms with van der Waals surface area (Å²) in [6.45, 7) is 7.22. The Morgan fingerprint density at radius 1 is 1.50 bits per heavy atom. The SMILES string of the molecule is Cc1nccn1CC(C)CNC(=O)C(C)N.Cl.Cl. The fraction of sp³-hybridized carbons (Fsp3) is 0.636. The summed E-state index contributed by atoms with van der Waals surface area (Å²) >= 11 is 0. The summed E-state index contributed by atoms with van der Waals surface area (Å²) in [7, 11) is 0. The quantitative estimate of drug-likeness (QED) is 0.856. The molecule has 0 saturated heterocycles. The largest absolute Gasteiger partial charge is 0.354 e. The first kappa shape index (κ1) is 19.6. The highest BCUT2D eigenvalue weighted by atomic mass is 35.5. The van der Waals surface area contributed by atoms with Crippen molar-refractivity contribution in [3.8, 4) is 0 Å². The van der Waals surface area contributed by atoms with Crippen LogP contribution < -0.4 is 11.1 Å². The van der Waals surface area contributed by atoms with E-state index in [1.165, 1.54) is 0 Å². The van der Waals surface area contributed by atoms with Gasteiger partial charge in [0.25, 0.3) is 0 Å². The number of rotatable bonds is 5. The Kier molecular flexibility index (Phi) is 9.99. The number of nitrogens with one attached hydrogen (secondary N) is 1. The summed E-state index contributed by atoms with van der Waals surface area (Å²) in [6, 6.07) is -0.442. The Morgan fingerprint density at radius 3 is 2.56 bits per heavy atom. The molecule has 106 valence electrons. The highest BCUT2D eigenvalue weighted by molar-refractivity contribution is 5.85. The molecule has 0 aliphatic rings. The van der Waals surface area contributed by atoms with Crippen molar-refractivity contribution in [2.24, 2.45) is 11.7 Å². The van der Waals surface area contributed by atoms with Crippen molar-refractivity contribution < 1.29 is 4.79 Å². The minimum absolute atomic E-state index is 0. The van der Waals surface area contributed by atoms with E-state index < -0.39 is 6.04 Å². The molecule has 1 heterocycles. The second-order valence-corrected chi connectivity index (χ2v) is 4.27. The predicted octanol–water partition coefficient (Wildman–Crippen LogP) is 1.13. The van der Waals surface area contributed by atoms with Crippen LogP contribution >= 0.6 is 24.8 Å². The first-order valence-corrected chi connectivity index (χ1v) is 5.51. The van der Waals surface area contributed by atoms with Crippen LogP contribution in [0.2, 0.25) is 0 Å². The third-order valence-corrected chi connectivity index (χ3v) is 2.47. The number of imidazole rings is 1. The Hall–Kier alpha value is -0.780. The van der Waals surface area contributed by atoms with E-state index in [2.05, 4.69) is 21.8 Å². The lowest BCUT2D eigenvalue weighted by atomic mass is 10.1. The van der Waals surface area contributed by atoms with Crippen LogP contribution in [-0.2, 0) is 11.3 Å². The first-order valence-electron chi connectivity index (χ1n) is 5.51. The van der Waals surface area contributed by atoms with Crippen molar-refractivity contribution in [2.75, 3.05) is 6.54 Å². The number of aromatic nitrogens is 2. The van der Waals surface area contributed by atoms with Gasteiger partial charge in [-0.15, -0.1) is 24.8 Å². The maximum atomic E-state index is 11.3. The topological polar surface area (TPSA) is 72.9 Å². The second kappa shape index (κ2) is 9.19. The smallest absolute Gasteiger partial charge is 0.236 e. The van der Waals surface area contributed by atoms with Gasteiger partial charge in [-0.3, -0.25) is 4.79 Å². The number of nitrogens with zero attached hydrogens (tertiary/aromatic N) is 2. The first-order chi connectivity index (χ1) is 7.50. The number of hydrogen-bond acceptors (Lipinski definition) is 3. The van der Waals surface area contributed by atoms with Gasteiger partial charge < -0.3 is 15.6 Å². The fourth-order valence-corrected chi connectivity index (χ4v) is 1.43. The molecule has 2 unspecified atom stereocenters. The third kappa shape index (κ3) is 6.23. The van der Waals surface area contributed by atoms with Gasteiger partial charge in [0.15, 0.2) is 0 Å². The standard InChI is InChI=1S/C11H20N4O.2ClH/c1-8(6-14-11(16)9(2)12)7-15-5-4-13-10(15)3;;/h4-5,8-9H,6-7,12H2,1-3H3,(H,14,16);2*1H. The lowest BCUT2D eigenvalue weighted by Gasteiger charge is -2.15. The molecule has 2 atom stereocenters. The Labute approximate surface area is 120 Å². The summed E-state index contributed by atoms with van der Waals surface area (Å²) in [4.78, 5) is 15.4. The minimum Gasteiger partial charge on any atom is -0.354 e. The molecule has 1 aromatic rings. The van der Waals surface area contributed by atoms with Crippen molar-refractivity contribution in [1.82, 2.24) is 14.9 Å². The molecule has 1 aromatic heterocycles. The van der Waals surface area contributed by atoms with Gasteiger partial charge in [-0.1, -0.05) is 6.92 Å². The average Bonchev–Trinajstić information content (AvgIpc) is 2.60. The molecule has 0 spiro atoms. The van der Waals surface area contributed by atoms with Crippen molar-refractivity contribution in [3.63, 3.8) is 0 Å². The number of carbonyl (C=O) groups excluding carboxylic acids is 1. The number of amides is 1. The van der Waals surface area contributed by atoms with Gasteiger partial charge in [0.1, 0.15) is 5.82 Å². The predicted molar refractivity (Wildman–Crippen MR) is 77.3 cm³/mol. The molecule has 1 amide bonds. The van der Waals surface area contributed by atoms with E-state index in [0.717, 1.165) is 12.4 Å². The molecule has 0 saturated carbocycles. The molecule has 0 aliphatic heterocycles. The monoisotopic (exact) mass is 296 g/mol. The maximum Gasteiger partial charge on any atom is 0.236 e. The molecule has 5 nitrogen and oxygen atoms in total. The zero-order valence-electron chi connectivity index (χ0n) is 10.9. The van der Waals surface area contributed by atoms with Crippen molar-refractivity contribution >= 4 is 30.7 Å². The molecule has 1 rings (SSSR count). The van der Waals surface area contributed by atoms with E-state index in [9.17, 15) is 4.79 Å². The van der Waals surface area contributed by atoms with Gasteiger partial charge in [0.2, 0.25) is 5.91 Å². The number of halogens is 2. The number of hydrogen-bond donors (Lipinski definition) is 2. The molecule has 0 radical (unpaired) electrons. The average molecular weight is 297 g/mol. The van der Waals surface area contributed by atoms with Gasteiger partial charge in [0.05, 0.1) is 6.04 Å². The lowest BCUT2D eigenvalue weighted by Crippen LogP contribution is -2.40. The van der Waals surface area contributed by atoms with Crippen LogP contribution in [0, 0.1) is 12.8 Å². The molecular formula is C11H22Cl2N4O. The van der Waals surface area contributed by atoms with Crippen LogP contribution in [0.15, 0.2) is 12.4 Å². The molecule has 0 aliphatic carbocycles. The normalized spacial score (nSPS) is 12.9. The zero-order valence-corrected chi connectivity index (χ0v) is 12.6. The second-order valence-electron chi connectivity index (χ2n) is 4.27. The van der Waals surface area contributed by atoms with Gasteiger partial charge in [-0.25, -0.2) is 4.98 Å². The van der Waals surface area contributed by atoms with Crippen LogP contribution in [0.25, 0.3) is 0 Å². The van der Waals surface area contributed by atoms with Crippen LogP contribution in [-0.4, -0.2) is 28.0 Å². The van der Waals surface area contributed by atoms with Gasteiger partial charge >= 0.3 is 0 Å². The van der Waals surface area contributed by atoms with Crippen molar-refractivity contribution in [3.05, 3.63) is 18.2 Å². The highest BCUT2D eigenvalue weighted by Crippen LogP contribution is 2.02. The van der Waals surface area contributed by atoms with E-state index in [1.807, 2.05) is 13.1 Å². The Morgan fingerprint density at radius 2 is 2.11 bits per heavy atom. The summed E-state index contributed by atoms with van der Waals surface area (Å²) in [6.07, 6.45) is 3.72. The summed E-state index contributed by atoms with van der Waals surface area (Å²) < 4.78 is 2.07.